The van der Waals surface area contributed by atoms with Crippen LogP contribution < -0.4 is 5.32 Å². The topological polar surface area (TPSA) is 163 Å². The van der Waals surface area contributed by atoms with Gasteiger partial charge in [0.05, 0.1) is 6.10 Å². The number of rotatable bonds is 7. The summed E-state index contributed by atoms with van der Waals surface area (Å²) in [6.07, 6.45) is -4.08. The molecule has 6 unspecified atom stereocenters. The molecule has 3 rings (SSSR count). The Morgan fingerprint density at radius 2 is 1.81 bits per heavy atom. The number of carbonyl (C=O) groups excluding carboxylic acids is 3. The second-order valence-corrected chi connectivity index (χ2v) is 7.71. The van der Waals surface area contributed by atoms with Crippen LogP contribution in [0.5, 0.6) is 0 Å². The number of amides is 1. The molecule has 5 N–H and O–H groups in total. The molecule has 0 radical (unpaired) electrons. The average Bonchev–Trinajstić information content (AvgIpc) is 3.18. The van der Waals surface area contributed by atoms with Crippen LogP contribution in [0.4, 0.5) is 0 Å². The number of nitrogens with one attached hydrogen (secondary N) is 1. The van der Waals surface area contributed by atoms with Crippen LogP contribution >= 0.6 is 0 Å². The highest BCUT2D eigenvalue weighted by molar-refractivity contribution is 6.23. The first kappa shape index (κ1) is 23.8. The van der Waals surface area contributed by atoms with Crippen molar-refractivity contribution in [1.29, 1.82) is 0 Å². The van der Waals surface area contributed by atoms with Crippen molar-refractivity contribution in [3.05, 3.63) is 59.4 Å². The summed E-state index contributed by atoms with van der Waals surface area (Å²) in [6.45, 7) is 2.69. The van der Waals surface area contributed by atoms with Gasteiger partial charge in [-0.3, -0.25) is 14.4 Å². The van der Waals surface area contributed by atoms with E-state index in [-0.39, 0.29) is 11.1 Å². The van der Waals surface area contributed by atoms with Gasteiger partial charge in [0.1, 0.15) is 18.0 Å². The molecule has 1 amide bonds. The number of aliphatic hydroxyl groups is 4. The molecule has 1 fully saturated rings. The third-order valence-corrected chi connectivity index (χ3v) is 5.60. The van der Waals surface area contributed by atoms with Crippen LogP contribution in [0.15, 0.2) is 53.8 Å². The van der Waals surface area contributed by atoms with Crippen molar-refractivity contribution in [2.75, 3.05) is 7.11 Å². The zero-order valence-electron chi connectivity index (χ0n) is 17.7. The Morgan fingerprint density at radius 3 is 2.38 bits per heavy atom. The Kier molecular flexibility index (Phi) is 6.36. The fraction of sp³-hybridized carbons (Fsp3) is 0.409. The smallest absolute Gasteiger partial charge is 0.278 e. The highest BCUT2D eigenvalue weighted by atomic mass is 16.6. The Hall–Kier alpha value is -2.89. The lowest BCUT2D eigenvalue weighted by atomic mass is 9.85. The molecule has 1 spiro atoms. The molecule has 6 atom stereocenters. The minimum absolute atomic E-state index is 0.111. The van der Waals surface area contributed by atoms with Crippen LogP contribution in [0.1, 0.15) is 24.2 Å². The molecule has 1 aromatic carbocycles. The van der Waals surface area contributed by atoms with E-state index in [9.17, 15) is 34.8 Å². The lowest BCUT2D eigenvalue weighted by molar-refractivity contribution is -0.163. The molecule has 1 aromatic rings. The number of hydrogen-bond acceptors (Lipinski definition) is 9. The summed E-state index contributed by atoms with van der Waals surface area (Å²) < 4.78 is 10.8. The molecule has 0 saturated carbocycles. The van der Waals surface area contributed by atoms with Crippen molar-refractivity contribution in [3.63, 3.8) is 0 Å². The third kappa shape index (κ3) is 3.46. The molecule has 2 heterocycles. The van der Waals surface area contributed by atoms with E-state index in [1.807, 2.05) is 0 Å². The van der Waals surface area contributed by atoms with Gasteiger partial charge in [0.25, 0.3) is 11.5 Å². The Morgan fingerprint density at radius 1 is 1.19 bits per heavy atom. The van der Waals surface area contributed by atoms with E-state index in [2.05, 4.69) is 5.32 Å². The number of benzene rings is 1. The van der Waals surface area contributed by atoms with Gasteiger partial charge < -0.3 is 35.2 Å². The number of ether oxygens (including phenoxy) is 2. The van der Waals surface area contributed by atoms with Gasteiger partial charge in [-0.05, 0) is 13.8 Å². The first-order valence-electron chi connectivity index (χ1n) is 9.85. The summed E-state index contributed by atoms with van der Waals surface area (Å²) in [5, 5.41) is 43.3. The van der Waals surface area contributed by atoms with E-state index in [1.54, 1.807) is 18.2 Å². The number of hydrogen-bond donors (Lipinski definition) is 5. The summed E-state index contributed by atoms with van der Waals surface area (Å²) in [4.78, 5) is 39.2. The molecule has 0 aliphatic carbocycles. The monoisotopic (exact) mass is 447 g/mol. The largest absolute Gasteiger partial charge is 0.467 e. The molecule has 2 aliphatic heterocycles. The van der Waals surface area contributed by atoms with Crippen LogP contribution in [0.25, 0.3) is 0 Å². The first-order chi connectivity index (χ1) is 15.0. The Labute approximate surface area is 183 Å². The van der Waals surface area contributed by atoms with Crippen LogP contribution in [-0.4, -0.2) is 80.8 Å². The number of methoxy groups -OCH3 is 1. The quantitative estimate of drug-likeness (QED) is 0.200. The summed E-state index contributed by atoms with van der Waals surface area (Å²) in [7, 11) is 1.09. The molecule has 2 aliphatic rings. The number of carbonyl (C=O) groups is 3. The van der Waals surface area contributed by atoms with Crippen molar-refractivity contribution >= 4 is 17.5 Å². The molecule has 0 aromatic heterocycles. The van der Waals surface area contributed by atoms with Crippen LogP contribution in [0.3, 0.4) is 0 Å². The van der Waals surface area contributed by atoms with Crippen molar-refractivity contribution in [2.45, 2.75) is 49.6 Å². The van der Waals surface area contributed by atoms with Crippen molar-refractivity contribution in [1.82, 2.24) is 5.32 Å². The second kappa shape index (κ2) is 8.57. The van der Waals surface area contributed by atoms with E-state index in [0.717, 1.165) is 13.2 Å². The van der Waals surface area contributed by atoms with E-state index in [0.29, 0.717) is 0 Å². The minimum Gasteiger partial charge on any atom is -0.467 e. The van der Waals surface area contributed by atoms with Gasteiger partial charge >= 0.3 is 0 Å². The van der Waals surface area contributed by atoms with Gasteiger partial charge in [-0.1, -0.05) is 42.5 Å². The van der Waals surface area contributed by atoms with E-state index < -0.39 is 59.0 Å². The third-order valence-electron chi connectivity index (χ3n) is 5.60. The van der Waals surface area contributed by atoms with Gasteiger partial charge in [-0.15, -0.1) is 0 Å². The standard InChI is InChI=1S/C22H25NO9/c1-11(24)9-10-14(25)15(26)16-12(2)17(27)21(32-16)19(29)22(31-3,23-20(21)30)18(28)13-7-5-4-6-8-13/h4-11,14-15,19,24-26,29H,1-3H3,(H,23,30). The van der Waals surface area contributed by atoms with Crippen LogP contribution in [-0.2, 0) is 19.1 Å². The maximum atomic E-state index is 13.2. The van der Waals surface area contributed by atoms with Crippen molar-refractivity contribution in [3.8, 4) is 0 Å². The fourth-order valence-electron chi connectivity index (χ4n) is 3.81. The number of Topliss-reactive ketones (excluding diaryl/α,β-unsaturated/α-hetero) is 2. The molecule has 1 saturated heterocycles. The SMILES string of the molecule is COC1(C(=O)c2ccccc2)NC(=O)C2(OC(C(O)C(O)C=CC(C)O)=C(C)C2=O)C1O. The lowest BCUT2D eigenvalue weighted by Gasteiger charge is -2.32. The molecular formula is C22H25NO9. The molecule has 172 valence electrons. The fourth-order valence-corrected chi connectivity index (χ4v) is 3.81. The highest BCUT2D eigenvalue weighted by Gasteiger charge is 2.74. The maximum Gasteiger partial charge on any atom is 0.278 e. The number of ketones is 2. The molecule has 10 heteroatoms. The average molecular weight is 447 g/mol. The Balaban J connectivity index is 1.98. The van der Waals surface area contributed by atoms with E-state index in [4.69, 9.17) is 9.47 Å². The van der Waals surface area contributed by atoms with Gasteiger partial charge in [0.2, 0.25) is 17.3 Å². The van der Waals surface area contributed by atoms with Crippen LogP contribution in [0, 0.1) is 0 Å². The highest BCUT2D eigenvalue weighted by Crippen LogP contribution is 2.44. The Bertz CT molecular complexity index is 986. The van der Waals surface area contributed by atoms with Crippen molar-refractivity contribution < 1.29 is 44.3 Å². The van der Waals surface area contributed by atoms with Crippen LogP contribution in [0.2, 0.25) is 0 Å². The van der Waals surface area contributed by atoms with Gasteiger partial charge in [-0.25, -0.2) is 0 Å². The predicted octanol–water partition coefficient (Wildman–Crippen LogP) is -1.03. The van der Waals surface area contributed by atoms with Crippen molar-refractivity contribution in [2.24, 2.45) is 0 Å². The minimum atomic E-state index is -2.59. The predicted molar refractivity (Wildman–Crippen MR) is 109 cm³/mol. The second-order valence-electron chi connectivity index (χ2n) is 7.71. The molecule has 0 bridgehead atoms. The lowest BCUT2D eigenvalue weighted by Crippen LogP contribution is -2.60. The molecule has 10 nitrogen and oxygen atoms in total. The molecular weight excluding hydrogens is 422 g/mol. The molecule has 32 heavy (non-hydrogen) atoms. The summed E-state index contributed by atoms with van der Waals surface area (Å²) in [6, 6.07) is 7.73. The van der Waals surface area contributed by atoms with E-state index >= 15 is 0 Å². The summed E-state index contributed by atoms with van der Waals surface area (Å²) in [5.74, 6) is -3.35. The zero-order valence-corrected chi connectivity index (χ0v) is 17.7. The van der Waals surface area contributed by atoms with Gasteiger partial charge in [0, 0.05) is 18.2 Å². The van der Waals surface area contributed by atoms with E-state index in [1.165, 1.54) is 32.1 Å². The first-order valence-corrected chi connectivity index (χ1v) is 9.85. The maximum absolute atomic E-state index is 13.2. The summed E-state index contributed by atoms with van der Waals surface area (Å²) >= 11 is 0. The summed E-state index contributed by atoms with van der Waals surface area (Å²) in [5.41, 5.74) is -5.01. The normalized spacial score (nSPS) is 30.5. The van der Waals surface area contributed by atoms with Gasteiger partial charge in [0.15, 0.2) is 6.10 Å². The van der Waals surface area contributed by atoms with Gasteiger partial charge in [-0.2, -0.15) is 0 Å². The zero-order chi connectivity index (χ0) is 23.8. The number of aliphatic hydroxyl groups excluding tert-OH is 4.